The van der Waals surface area contributed by atoms with Crippen LogP contribution < -0.4 is 4.74 Å². The number of rotatable bonds is 10. The van der Waals surface area contributed by atoms with E-state index >= 15 is 0 Å². The largest absolute Gasteiger partial charge is 0.494 e. The smallest absolute Gasteiger partial charge is 0.150 e. The molecular weight excluding hydrogens is 537 g/mol. The van der Waals surface area contributed by atoms with Crippen LogP contribution in [0.3, 0.4) is 0 Å². The second-order valence-corrected chi connectivity index (χ2v) is 13.6. The Bertz CT molecular complexity index is 1150. The number of benzene rings is 2. The van der Waals surface area contributed by atoms with E-state index < -0.39 is 9.84 Å². The molecule has 1 aliphatic heterocycles. The molecule has 5 rings (SSSR count). The lowest BCUT2D eigenvalue weighted by atomic mass is 9.75. The summed E-state index contributed by atoms with van der Waals surface area (Å²) in [5.74, 6) is 2.16. The van der Waals surface area contributed by atoms with Crippen molar-refractivity contribution >= 4 is 45.4 Å². The first-order valence-corrected chi connectivity index (χ1v) is 15.6. The van der Waals surface area contributed by atoms with Gasteiger partial charge in [-0.15, -0.1) is 12.4 Å². The van der Waals surface area contributed by atoms with Gasteiger partial charge in [-0.25, -0.2) is 8.42 Å². The number of ether oxygens (including phenoxy) is 1. The van der Waals surface area contributed by atoms with E-state index in [1.165, 1.54) is 42.6 Å². The highest BCUT2D eigenvalue weighted by Crippen LogP contribution is 2.40. The number of aryl methyl sites for hydroxylation is 1. The Morgan fingerprint density at radius 3 is 2.47 bits per heavy atom. The van der Waals surface area contributed by atoms with Gasteiger partial charge in [-0.1, -0.05) is 35.3 Å². The number of hydrogen-bond acceptors (Lipinski definition) is 4. The maximum absolute atomic E-state index is 12.2. The fourth-order valence-corrected chi connectivity index (χ4v) is 7.92. The number of hydrogen-bond donors (Lipinski definition) is 0. The predicted octanol–water partition coefficient (Wildman–Crippen LogP) is 6.75. The van der Waals surface area contributed by atoms with E-state index in [4.69, 9.17) is 27.9 Å². The molecule has 1 saturated heterocycles. The fraction of sp³-hybridized carbons (Fsp3) is 0.571. The minimum Gasteiger partial charge on any atom is -0.494 e. The summed E-state index contributed by atoms with van der Waals surface area (Å²) in [7, 11) is -2.96. The van der Waals surface area contributed by atoms with Gasteiger partial charge in [0, 0.05) is 12.0 Å². The first kappa shape index (κ1) is 28.0. The van der Waals surface area contributed by atoms with Crippen LogP contribution in [0.15, 0.2) is 36.4 Å². The number of sulfone groups is 1. The van der Waals surface area contributed by atoms with Crippen molar-refractivity contribution < 1.29 is 13.2 Å². The van der Waals surface area contributed by atoms with Crippen molar-refractivity contribution in [1.82, 2.24) is 4.90 Å². The standard InChI is InChI=1S/C28H35Cl2NO3S.ClH/c29-26-10-6-21(17-27(26)30)16-25-24-18-23(34-14-3-15-35(32,33)19-20-4-5-20)9-7-22(24)8-11-28(25)31-12-1-2-13-31;/h6-7,9-10,17-18,20,25,28H,1-5,8,11-16,19H2;1H. The number of fused-ring (bicyclic) bond motifs is 1. The highest BCUT2D eigenvalue weighted by Gasteiger charge is 2.35. The quantitative estimate of drug-likeness (QED) is 0.296. The summed E-state index contributed by atoms with van der Waals surface area (Å²) in [4.78, 5) is 2.67. The second-order valence-electron chi connectivity index (χ2n) is 10.5. The van der Waals surface area contributed by atoms with Gasteiger partial charge < -0.3 is 4.74 Å². The molecular formula is C28H36Cl3NO3S. The van der Waals surface area contributed by atoms with E-state index in [1.807, 2.05) is 18.2 Å². The minimum absolute atomic E-state index is 0. The molecule has 2 aromatic rings. The average molecular weight is 573 g/mol. The van der Waals surface area contributed by atoms with Crippen molar-refractivity contribution in [3.8, 4) is 5.75 Å². The van der Waals surface area contributed by atoms with Crippen molar-refractivity contribution in [3.63, 3.8) is 0 Å². The van der Waals surface area contributed by atoms with Crippen molar-refractivity contribution in [2.75, 3.05) is 31.2 Å². The summed E-state index contributed by atoms with van der Waals surface area (Å²) >= 11 is 12.5. The van der Waals surface area contributed by atoms with Gasteiger partial charge in [-0.3, -0.25) is 4.90 Å². The third kappa shape index (κ3) is 7.11. The molecule has 4 nitrogen and oxygen atoms in total. The molecule has 0 bridgehead atoms. The van der Waals surface area contributed by atoms with Crippen LogP contribution in [0.5, 0.6) is 5.75 Å². The Kier molecular flexibility index (Phi) is 9.54. The van der Waals surface area contributed by atoms with Gasteiger partial charge in [0.1, 0.15) is 5.75 Å². The molecule has 0 radical (unpaired) electrons. The van der Waals surface area contributed by atoms with Gasteiger partial charge in [0.05, 0.1) is 28.2 Å². The molecule has 0 amide bonds. The van der Waals surface area contributed by atoms with Gasteiger partial charge in [-0.05, 0) is 111 Å². The molecule has 1 saturated carbocycles. The summed E-state index contributed by atoms with van der Waals surface area (Å²) in [6.07, 6.45) is 8.36. The van der Waals surface area contributed by atoms with Crippen LogP contribution in [0.2, 0.25) is 10.0 Å². The molecule has 2 atom stereocenters. The molecule has 1 heterocycles. The van der Waals surface area contributed by atoms with Crippen LogP contribution in [0.1, 0.15) is 61.1 Å². The monoisotopic (exact) mass is 571 g/mol. The first-order valence-electron chi connectivity index (χ1n) is 13.0. The zero-order chi connectivity index (χ0) is 24.4. The van der Waals surface area contributed by atoms with Crippen molar-refractivity contribution in [2.24, 2.45) is 5.92 Å². The van der Waals surface area contributed by atoms with E-state index in [-0.39, 0.29) is 18.2 Å². The average Bonchev–Trinajstić information content (AvgIpc) is 3.46. The van der Waals surface area contributed by atoms with E-state index in [2.05, 4.69) is 23.1 Å². The number of halogens is 3. The molecule has 0 N–H and O–H groups in total. The van der Waals surface area contributed by atoms with E-state index in [9.17, 15) is 8.42 Å². The Balaban J connectivity index is 0.00000304. The molecule has 198 valence electrons. The maximum atomic E-state index is 12.2. The lowest BCUT2D eigenvalue weighted by Gasteiger charge is -2.39. The van der Waals surface area contributed by atoms with Gasteiger partial charge in [0.15, 0.2) is 9.84 Å². The molecule has 36 heavy (non-hydrogen) atoms. The number of likely N-dealkylation sites (tertiary alicyclic amines) is 1. The predicted molar refractivity (Wildman–Crippen MR) is 151 cm³/mol. The SMILES string of the molecule is Cl.O=S(=O)(CCCOc1ccc2c(c1)C(Cc1ccc(Cl)c(Cl)c1)C(N1CCCC1)CC2)CC1CC1. The summed E-state index contributed by atoms with van der Waals surface area (Å²) < 4.78 is 30.5. The topological polar surface area (TPSA) is 46.6 Å². The highest BCUT2D eigenvalue weighted by molar-refractivity contribution is 7.91. The third-order valence-corrected chi connectivity index (χ3v) is 10.4. The lowest BCUT2D eigenvalue weighted by molar-refractivity contribution is 0.188. The van der Waals surface area contributed by atoms with E-state index in [1.54, 1.807) is 0 Å². The summed E-state index contributed by atoms with van der Waals surface area (Å²) in [5, 5.41) is 1.19. The zero-order valence-corrected chi connectivity index (χ0v) is 23.8. The van der Waals surface area contributed by atoms with Gasteiger partial charge >= 0.3 is 0 Å². The minimum atomic E-state index is -2.96. The van der Waals surface area contributed by atoms with Crippen LogP contribution in [0.25, 0.3) is 0 Å². The Morgan fingerprint density at radius 2 is 1.75 bits per heavy atom. The van der Waals surface area contributed by atoms with Crippen LogP contribution in [0, 0.1) is 5.92 Å². The summed E-state index contributed by atoms with van der Waals surface area (Å²) in [6.45, 7) is 2.77. The molecule has 8 heteroatoms. The van der Waals surface area contributed by atoms with Gasteiger partial charge in [-0.2, -0.15) is 0 Å². The fourth-order valence-electron chi connectivity index (χ4n) is 5.82. The zero-order valence-electron chi connectivity index (χ0n) is 20.6. The lowest BCUT2D eigenvalue weighted by Crippen LogP contribution is -2.41. The maximum Gasteiger partial charge on any atom is 0.150 e. The molecule has 2 unspecified atom stereocenters. The molecule has 3 aliphatic rings. The molecule has 0 aromatic heterocycles. The Morgan fingerprint density at radius 1 is 0.972 bits per heavy atom. The normalized spacial score (nSPS) is 22.2. The van der Waals surface area contributed by atoms with Crippen molar-refractivity contribution in [3.05, 3.63) is 63.1 Å². The Hall–Kier alpha value is -0.980. The molecule has 0 spiro atoms. The number of nitrogens with zero attached hydrogens (tertiary/aromatic N) is 1. The van der Waals surface area contributed by atoms with Crippen LogP contribution >= 0.6 is 35.6 Å². The molecule has 2 aromatic carbocycles. The van der Waals surface area contributed by atoms with Gasteiger partial charge in [0.2, 0.25) is 0 Å². The summed E-state index contributed by atoms with van der Waals surface area (Å²) in [5.41, 5.74) is 3.96. The van der Waals surface area contributed by atoms with Crippen molar-refractivity contribution in [2.45, 2.75) is 63.3 Å². The van der Waals surface area contributed by atoms with Crippen LogP contribution in [-0.4, -0.2) is 50.6 Å². The summed E-state index contributed by atoms with van der Waals surface area (Å²) in [6, 6.07) is 12.9. The van der Waals surface area contributed by atoms with Crippen LogP contribution in [0.4, 0.5) is 0 Å². The van der Waals surface area contributed by atoms with Crippen LogP contribution in [-0.2, 0) is 22.7 Å². The first-order chi connectivity index (χ1) is 16.9. The molecule has 2 aliphatic carbocycles. The second kappa shape index (κ2) is 12.3. The van der Waals surface area contributed by atoms with E-state index in [0.717, 1.165) is 37.9 Å². The third-order valence-electron chi connectivity index (χ3n) is 7.79. The van der Waals surface area contributed by atoms with Crippen molar-refractivity contribution in [1.29, 1.82) is 0 Å². The van der Waals surface area contributed by atoms with Gasteiger partial charge in [0.25, 0.3) is 0 Å². The highest BCUT2D eigenvalue weighted by atomic mass is 35.5. The Labute approximate surface area is 232 Å². The van der Waals surface area contributed by atoms with E-state index in [0.29, 0.717) is 46.7 Å². The molecule has 2 fully saturated rings.